The molecule has 154 valence electrons. The zero-order chi connectivity index (χ0) is 21.3. The Labute approximate surface area is 169 Å². The molecule has 0 aliphatic heterocycles. The standard InChI is InChI=1S/C17H13F3N2O4S3/c18-17(19,20)13-3-1-2-12(10-13)11-28(23,24)14-4-6-15(7-5-14)29(25,26)22-16-21-8-9-27-16/h1-10H,11H2,(H,21,22). The molecule has 3 aromatic rings. The summed E-state index contributed by atoms with van der Waals surface area (Å²) in [6, 6.07) is 8.44. The van der Waals surface area contributed by atoms with Crippen LogP contribution in [0.3, 0.4) is 0 Å². The Kier molecular flexibility index (Phi) is 5.70. The highest BCUT2D eigenvalue weighted by Crippen LogP contribution is 2.30. The van der Waals surface area contributed by atoms with Gasteiger partial charge in [0.25, 0.3) is 10.0 Å². The van der Waals surface area contributed by atoms with Gasteiger partial charge in [0.1, 0.15) is 0 Å². The molecule has 2 aromatic carbocycles. The molecule has 0 unspecified atom stereocenters. The summed E-state index contributed by atoms with van der Waals surface area (Å²) in [5.41, 5.74) is -0.970. The van der Waals surface area contributed by atoms with Gasteiger partial charge in [0.15, 0.2) is 15.0 Å². The third-order valence-corrected chi connectivity index (χ3v) is 7.63. The van der Waals surface area contributed by atoms with Crippen molar-refractivity contribution in [3.05, 3.63) is 71.2 Å². The number of nitrogens with one attached hydrogen (secondary N) is 1. The first-order chi connectivity index (χ1) is 13.5. The third kappa shape index (κ3) is 5.14. The van der Waals surface area contributed by atoms with Crippen molar-refractivity contribution >= 4 is 36.3 Å². The smallest absolute Gasteiger partial charge is 0.255 e. The molecule has 29 heavy (non-hydrogen) atoms. The van der Waals surface area contributed by atoms with Gasteiger partial charge in [-0.15, -0.1) is 11.3 Å². The van der Waals surface area contributed by atoms with Gasteiger partial charge < -0.3 is 0 Å². The van der Waals surface area contributed by atoms with E-state index < -0.39 is 37.4 Å². The molecule has 3 rings (SSSR count). The molecule has 0 radical (unpaired) electrons. The second kappa shape index (κ2) is 7.76. The lowest BCUT2D eigenvalue weighted by Gasteiger charge is -2.10. The Bertz CT molecular complexity index is 1210. The number of sulfone groups is 1. The average molecular weight is 462 g/mol. The van der Waals surface area contributed by atoms with Crippen LogP contribution in [0.4, 0.5) is 18.3 Å². The quantitative estimate of drug-likeness (QED) is 0.599. The van der Waals surface area contributed by atoms with E-state index in [9.17, 15) is 30.0 Å². The summed E-state index contributed by atoms with van der Waals surface area (Å²) in [4.78, 5) is 3.43. The van der Waals surface area contributed by atoms with E-state index in [0.29, 0.717) is 0 Å². The van der Waals surface area contributed by atoms with Crippen LogP contribution in [0.1, 0.15) is 11.1 Å². The van der Waals surface area contributed by atoms with Gasteiger partial charge in [0, 0.05) is 11.6 Å². The van der Waals surface area contributed by atoms with Gasteiger partial charge in [-0.2, -0.15) is 13.2 Å². The summed E-state index contributed by atoms with van der Waals surface area (Å²) in [6.07, 6.45) is -3.16. The first-order valence-electron chi connectivity index (χ1n) is 7.89. The van der Waals surface area contributed by atoms with E-state index in [0.717, 1.165) is 53.8 Å². The molecule has 1 N–H and O–H groups in total. The normalized spacial score (nSPS) is 12.7. The molecule has 6 nitrogen and oxygen atoms in total. The van der Waals surface area contributed by atoms with Crippen LogP contribution in [0, 0.1) is 0 Å². The zero-order valence-corrected chi connectivity index (χ0v) is 16.9. The molecular weight excluding hydrogens is 449 g/mol. The summed E-state index contributed by atoms with van der Waals surface area (Å²) in [7, 11) is -7.93. The molecule has 0 amide bonds. The Morgan fingerprint density at radius 1 is 0.966 bits per heavy atom. The fourth-order valence-electron chi connectivity index (χ4n) is 2.41. The van der Waals surface area contributed by atoms with Crippen LogP contribution in [0.25, 0.3) is 0 Å². The maximum Gasteiger partial charge on any atom is 0.416 e. The van der Waals surface area contributed by atoms with Crippen LogP contribution < -0.4 is 4.72 Å². The van der Waals surface area contributed by atoms with Crippen LogP contribution in [-0.4, -0.2) is 21.8 Å². The number of hydrogen-bond donors (Lipinski definition) is 1. The molecule has 0 saturated heterocycles. The number of halogens is 3. The zero-order valence-electron chi connectivity index (χ0n) is 14.4. The summed E-state index contributed by atoms with van der Waals surface area (Å²) in [5, 5.41) is 1.74. The Morgan fingerprint density at radius 2 is 1.62 bits per heavy atom. The summed E-state index contributed by atoms with van der Waals surface area (Å²) < 4.78 is 90.3. The summed E-state index contributed by atoms with van der Waals surface area (Å²) >= 11 is 1.08. The van der Waals surface area contributed by atoms with Gasteiger partial charge in [-0.3, -0.25) is 4.72 Å². The maximum absolute atomic E-state index is 12.8. The van der Waals surface area contributed by atoms with E-state index in [1.807, 2.05) is 0 Å². The molecule has 0 aliphatic rings. The Balaban J connectivity index is 1.82. The number of hydrogen-bond acceptors (Lipinski definition) is 6. The van der Waals surface area contributed by atoms with Gasteiger partial charge in [0.05, 0.1) is 21.1 Å². The molecule has 1 heterocycles. The number of rotatable bonds is 6. The van der Waals surface area contributed by atoms with E-state index in [-0.39, 0.29) is 20.5 Å². The van der Waals surface area contributed by atoms with Crippen LogP contribution >= 0.6 is 11.3 Å². The second-order valence-corrected chi connectivity index (χ2v) is 10.4. The molecule has 0 aliphatic carbocycles. The molecule has 0 spiro atoms. The van der Waals surface area contributed by atoms with Gasteiger partial charge >= 0.3 is 6.18 Å². The number of benzene rings is 2. The number of nitrogens with zero attached hydrogens (tertiary/aromatic N) is 1. The van der Waals surface area contributed by atoms with Crippen molar-refractivity contribution in [2.75, 3.05) is 4.72 Å². The topological polar surface area (TPSA) is 93.2 Å². The minimum absolute atomic E-state index is 0.0260. The van der Waals surface area contributed by atoms with Crippen molar-refractivity contribution in [1.82, 2.24) is 4.98 Å². The number of sulfonamides is 1. The molecule has 1 aromatic heterocycles. The van der Waals surface area contributed by atoms with Crippen LogP contribution in [0.2, 0.25) is 0 Å². The molecule has 0 atom stereocenters. The minimum atomic E-state index is -4.58. The number of anilines is 1. The second-order valence-electron chi connectivity index (χ2n) is 5.87. The van der Waals surface area contributed by atoms with Crippen molar-refractivity contribution < 1.29 is 30.0 Å². The predicted octanol–water partition coefficient (Wildman–Crippen LogP) is 3.94. The van der Waals surface area contributed by atoms with Crippen LogP contribution in [-0.2, 0) is 31.8 Å². The summed E-state index contributed by atoms with van der Waals surface area (Å²) in [5.74, 6) is -0.652. The molecule has 0 bridgehead atoms. The molecule has 0 saturated carbocycles. The number of thiazole rings is 1. The summed E-state index contributed by atoms with van der Waals surface area (Å²) in [6.45, 7) is 0. The van der Waals surface area contributed by atoms with Gasteiger partial charge in [0.2, 0.25) is 0 Å². The van der Waals surface area contributed by atoms with E-state index in [1.54, 1.807) is 5.38 Å². The highest BCUT2D eigenvalue weighted by molar-refractivity contribution is 7.93. The molecule has 0 fully saturated rings. The first-order valence-corrected chi connectivity index (χ1v) is 11.9. The van der Waals surface area contributed by atoms with E-state index in [2.05, 4.69) is 9.71 Å². The lowest BCUT2D eigenvalue weighted by molar-refractivity contribution is -0.137. The van der Waals surface area contributed by atoms with Crippen LogP contribution in [0.15, 0.2) is 69.9 Å². The monoisotopic (exact) mass is 462 g/mol. The highest BCUT2D eigenvalue weighted by atomic mass is 32.2. The Morgan fingerprint density at radius 3 is 2.21 bits per heavy atom. The average Bonchev–Trinajstić information content (AvgIpc) is 3.13. The van der Waals surface area contributed by atoms with Gasteiger partial charge in [-0.1, -0.05) is 18.2 Å². The minimum Gasteiger partial charge on any atom is -0.255 e. The first kappa shape index (κ1) is 21.3. The molecular formula is C17H13F3N2O4S3. The number of aromatic nitrogens is 1. The van der Waals surface area contributed by atoms with Gasteiger partial charge in [-0.05, 0) is 35.9 Å². The lowest BCUT2D eigenvalue weighted by Crippen LogP contribution is -2.13. The van der Waals surface area contributed by atoms with Crippen molar-refractivity contribution in [3.8, 4) is 0 Å². The van der Waals surface area contributed by atoms with E-state index >= 15 is 0 Å². The predicted molar refractivity (Wildman–Crippen MR) is 102 cm³/mol. The third-order valence-electron chi connectivity index (χ3n) is 3.76. The SMILES string of the molecule is O=S(=O)(Cc1cccc(C(F)(F)F)c1)c1ccc(S(=O)(=O)Nc2nccs2)cc1. The fourth-order valence-corrected chi connectivity index (χ4v) is 5.54. The fraction of sp³-hybridized carbons (Fsp3) is 0.118. The van der Waals surface area contributed by atoms with Crippen LogP contribution in [0.5, 0.6) is 0 Å². The highest BCUT2D eigenvalue weighted by Gasteiger charge is 2.30. The van der Waals surface area contributed by atoms with E-state index in [1.165, 1.54) is 12.3 Å². The van der Waals surface area contributed by atoms with Crippen molar-refractivity contribution in [3.63, 3.8) is 0 Å². The maximum atomic E-state index is 12.8. The largest absolute Gasteiger partial charge is 0.416 e. The number of alkyl halides is 3. The molecule has 12 heteroatoms. The van der Waals surface area contributed by atoms with Crippen molar-refractivity contribution in [2.24, 2.45) is 0 Å². The lowest BCUT2D eigenvalue weighted by atomic mass is 10.1. The van der Waals surface area contributed by atoms with E-state index in [4.69, 9.17) is 0 Å². The van der Waals surface area contributed by atoms with Crippen molar-refractivity contribution in [2.45, 2.75) is 21.7 Å². The van der Waals surface area contributed by atoms with Gasteiger partial charge in [-0.25, -0.2) is 21.8 Å². The van der Waals surface area contributed by atoms with Crippen molar-refractivity contribution in [1.29, 1.82) is 0 Å². The Hall–Kier alpha value is -2.44.